The Bertz CT molecular complexity index is 423. The number of pyridine rings is 1. The summed E-state index contributed by atoms with van der Waals surface area (Å²) in [6, 6.07) is 0. The van der Waals surface area contributed by atoms with Crippen molar-refractivity contribution in [3.8, 4) is 0 Å². The van der Waals surface area contributed by atoms with Crippen LogP contribution in [0, 0.1) is 11.8 Å². The van der Waals surface area contributed by atoms with E-state index in [4.69, 9.17) is 0 Å². The van der Waals surface area contributed by atoms with Crippen molar-refractivity contribution in [3.05, 3.63) is 29.1 Å². The Balaban J connectivity index is 3.02. The molecule has 0 saturated carbocycles. The number of nitrogens with zero attached hydrogens (tertiary/aromatic N) is 1. The minimum absolute atomic E-state index is 0.0801. The van der Waals surface area contributed by atoms with Gasteiger partial charge in [-0.05, 0) is 6.92 Å². The molecule has 3 nitrogen and oxygen atoms in total. The van der Waals surface area contributed by atoms with Crippen LogP contribution in [0.25, 0.3) is 0 Å². The van der Waals surface area contributed by atoms with Crippen LogP contribution < -0.4 is 0 Å². The van der Waals surface area contributed by atoms with Crippen molar-refractivity contribution in [1.29, 1.82) is 0 Å². The summed E-state index contributed by atoms with van der Waals surface area (Å²) in [5.41, 5.74) is -1.84. The van der Waals surface area contributed by atoms with Gasteiger partial charge in [0.25, 0.3) is 6.43 Å². The molecule has 0 aromatic carbocycles. The topological polar surface area (TPSA) is 39.2 Å². The molecule has 0 saturated heterocycles. The molecule has 1 rings (SSSR count). The monoisotopic (exact) mass is 251 g/mol. The fraction of sp³-hybridized carbons (Fsp3) is 0.400. The van der Waals surface area contributed by atoms with Gasteiger partial charge in [-0.2, -0.15) is 4.39 Å². The largest absolute Gasteiger partial charge is 0.466 e. The minimum atomic E-state index is -3.33. The minimum Gasteiger partial charge on any atom is -0.466 e. The average molecular weight is 251 g/mol. The quantitative estimate of drug-likeness (QED) is 0.468. The van der Waals surface area contributed by atoms with E-state index in [2.05, 4.69) is 9.72 Å². The molecule has 0 spiro atoms. The number of aromatic nitrogens is 1. The lowest BCUT2D eigenvalue weighted by Gasteiger charge is -2.07. The van der Waals surface area contributed by atoms with Crippen molar-refractivity contribution in [2.24, 2.45) is 0 Å². The molecule has 0 aliphatic heterocycles. The van der Waals surface area contributed by atoms with Crippen molar-refractivity contribution in [3.63, 3.8) is 0 Å². The second kappa shape index (κ2) is 5.60. The molecule has 0 aliphatic rings. The molecule has 17 heavy (non-hydrogen) atoms. The van der Waals surface area contributed by atoms with Crippen molar-refractivity contribution in [2.75, 3.05) is 6.61 Å². The maximum atomic E-state index is 13.4. The van der Waals surface area contributed by atoms with Gasteiger partial charge in [-0.25, -0.2) is 18.2 Å². The summed E-state index contributed by atoms with van der Waals surface area (Å²) in [4.78, 5) is 14.0. The van der Waals surface area contributed by atoms with Crippen LogP contribution in [0.4, 0.5) is 17.6 Å². The van der Waals surface area contributed by atoms with Crippen LogP contribution in [0.2, 0.25) is 0 Å². The van der Waals surface area contributed by atoms with E-state index in [-0.39, 0.29) is 6.61 Å². The molecule has 0 fully saturated rings. The number of halogens is 4. The Hall–Kier alpha value is -1.66. The van der Waals surface area contributed by atoms with Crippen molar-refractivity contribution >= 4 is 5.97 Å². The van der Waals surface area contributed by atoms with Gasteiger partial charge in [0, 0.05) is 11.8 Å². The van der Waals surface area contributed by atoms with Gasteiger partial charge in [0.1, 0.15) is 11.4 Å². The zero-order valence-corrected chi connectivity index (χ0v) is 8.84. The highest BCUT2D eigenvalue weighted by Crippen LogP contribution is 2.26. The van der Waals surface area contributed by atoms with Crippen LogP contribution in [-0.4, -0.2) is 17.6 Å². The van der Waals surface area contributed by atoms with E-state index < -0.39 is 41.7 Å². The fourth-order valence-corrected chi connectivity index (χ4v) is 1.20. The molecule has 1 heterocycles. The maximum absolute atomic E-state index is 13.4. The Morgan fingerprint density at radius 3 is 2.65 bits per heavy atom. The van der Waals surface area contributed by atoms with Crippen LogP contribution in [0.3, 0.4) is 0 Å². The zero-order valence-electron chi connectivity index (χ0n) is 8.84. The number of carbonyl (C=O) groups is 1. The fourth-order valence-electron chi connectivity index (χ4n) is 1.20. The number of esters is 1. The standard InChI is InChI=1S/C10H9F4NO2/c1-2-17-6(16)3-5-4-15-10(14)7(8(5)11)9(12)13/h4,9H,2-3H2,1H3. The van der Waals surface area contributed by atoms with Crippen LogP contribution in [0.15, 0.2) is 6.20 Å². The summed E-state index contributed by atoms with van der Waals surface area (Å²) in [5, 5.41) is 0. The lowest BCUT2D eigenvalue weighted by Crippen LogP contribution is -2.11. The van der Waals surface area contributed by atoms with Crippen LogP contribution in [0.1, 0.15) is 24.5 Å². The molecule has 0 atom stereocenters. The number of hydrogen-bond donors (Lipinski definition) is 0. The van der Waals surface area contributed by atoms with Crippen molar-refractivity contribution in [1.82, 2.24) is 4.98 Å². The zero-order chi connectivity index (χ0) is 13.0. The van der Waals surface area contributed by atoms with Gasteiger partial charge in [-0.15, -0.1) is 0 Å². The highest BCUT2D eigenvalue weighted by Gasteiger charge is 2.24. The molecule has 0 N–H and O–H groups in total. The third kappa shape index (κ3) is 3.15. The first-order valence-corrected chi connectivity index (χ1v) is 4.73. The number of carbonyl (C=O) groups excluding carboxylic acids is 1. The third-order valence-electron chi connectivity index (χ3n) is 1.93. The lowest BCUT2D eigenvalue weighted by molar-refractivity contribution is -0.142. The molecule has 0 aliphatic carbocycles. The average Bonchev–Trinajstić information content (AvgIpc) is 2.22. The van der Waals surface area contributed by atoms with E-state index in [1.165, 1.54) is 0 Å². The van der Waals surface area contributed by atoms with Crippen LogP contribution in [0.5, 0.6) is 0 Å². The smallest absolute Gasteiger partial charge is 0.310 e. The summed E-state index contributed by atoms with van der Waals surface area (Å²) >= 11 is 0. The Morgan fingerprint density at radius 1 is 1.47 bits per heavy atom. The lowest BCUT2D eigenvalue weighted by atomic mass is 10.1. The summed E-state index contributed by atoms with van der Waals surface area (Å²) in [6.45, 7) is 1.62. The molecule has 7 heteroatoms. The Morgan fingerprint density at radius 2 is 2.12 bits per heavy atom. The van der Waals surface area contributed by atoms with Gasteiger partial charge in [-0.1, -0.05) is 0 Å². The van der Waals surface area contributed by atoms with Gasteiger partial charge in [0.15, 0.2) is 0 Å². The molecule has 1 aromatic heterocycles. The van der Waals surface area contributed by atoms with E-state index >= 15 is 0 Å². The molecule has 0 amide bonds. The first-order chi connectivity index (χ1) is 7.97. The summed E-state index contributed by atoms with van der Waals surface area (Å²) in [5.74, 6) is -3.83. The molecular formula is C10H9F4NO2. The van der Waals surface area contributed by atoms with Gasteiger partial charge in [0.05, 0.1) is 13.0 Å². The third-order valence-corrected chi connectivity index (χ3v) is 1.93. The Kier molecular flexibility index (Phi) is 4.42. The summed E-state index contributed by atoms with van der Waals surface area (Å²) in [6.07, 6.45) is -3.19. The normalized spacial score (nSPS) is 10.7. The number of hydrogen-bond acceptors (Lipinski definition) is 3. The SMILES string of the molecule is CCOC(=O)Cc1cnc(F)c(C(F)F)c1F. The maximum Gasteiger partial charge on any atom is 0.310 e. The van der Waals surface area contributed by atoms with E-state index in [9.17, 15) is 22.4 Å². The second-order valence-corrected chi connectivity index (χ2v) is 3.08. The van der Waals surface area contributed by atoms with Crippen molar-refractivity contribution < 1.29 is 27.1 Å². The molecule has 0 bridgehead atoms. The van der Waals surface area contributed by atoms with E-state index in [1.807, 2.05) is 0 Å². The predicted molar refractivity (Wildman–Crippen MR) is 49.4 cm³/mol. The van der Waals surface area contributed by atoms with Gasteiger partial charge < -0.3 is 4.74 Å². The summed E-state index contributed by atoms with van der Waals surface area (Å²) in [7, 11) is 0. The second-order valence-electron chi connectivity index (χ2n) is 3.08. The molecular weight excluding hydrogens is 242 g/mol. The number of alkyl halides is 2. The number of ether oxygens (including phenoxy) is 1. The molecule has 0 unspecified atom stereocenters. The van der Waals surface area contributed by atoms with Crippen LogP contribution in [-0.2, 0) is 16.0 Å². The highest BCUT2D eigenvalue weighted by molar-refractivity contribution is 5.72. The van der Waals surface area contributed by atoms with E-state index in [0.717, 1.165) is 0 Å². The first kappa shape index (κ1) is 13.4. The van der Waals surface area contributed by atoms with Gasteiger partial charge >= 0.3 is 5.97 Å². The van der Waals surface area contributed by atoms with E-state index in [0.29, 0.717) is 6.20 Å². The molecule has 0 radical (unpaired) electrons. The van der Waals surface area contributed by atoms with Gasteiger partial charge in [0.2, 0.25) is 5.95 Å². The highest BCUT2D eigenvalue weighted by atomic mass is 19.3. The first-order valence-electron chi connectivity index (χ1n) is 4.73. The summed E-state index contributed by atoms with van der Waals surface area (Å²) < 4.78 is 55.4. The van der Waals surface area contributed by atoms with E-state index in [1.54, 1.807) is 6.92 Å². The Labute approximate surface area is 94.4 Å². The molecule has 1 aromatic rings. The van der Waals surface area contributed by atoms with Crippen LogP contribution >= 0.6 is 0 Å². The van der Waals surface area contributed by atoms with Crippen molar-refractivity contribution in [2.45, 2.75) is 19.8 Å². The molecule has 94 valence electrons. The van der Waals surface area contributed by atoms with Gasteiger partial charge in [-0.3, -0.25) is 4.79 Å². The predicted octanol–water partition coefficient (Wildman–Crippen LogP) is 2.40. The number of rotatable bonds is 4.